The highest BCUT2D eigenvalue weighted by atomic mass is 127. The van der Waals surface area contributed by atoms with E-state index in [0.29, 0.717) is 13.2 Å². The van der Waals surface area contributed by atoms with Crippen LogP contribution in [0.1, 0.15) is 18.6 Å². The van der Waals surface area contributed by atoms with E-state index in [1.807, 2.05) is 19.1 Å². The third kappa shape index (κ3) is 5.12. The van der Waals surface area contributed by atoms with Gasteiger partial charge in [0, 0.05) is 15.5 Å². The summed E-state index contributed by atoms with van der Waals surface area (Å²) >= 11 is 5.81. The quantitative estimate of drug-likeness (QED) is 0.393. The maximum Gasteiger partial charge on any atom is 0.0915 e. The molecule has 0 heterocycles. The lowest BCUT2D eigenvalue weighted by molar-refractivity contribution is 0.0178. The molecule has 0 saturated carbocycles. The predicted molar refractivity (Wildman–Crippen MR) is 78.2 cm³/mol. The van der Waals surface area contributed by atoms with Gasteiger partial charge in [0.2, 0.25) is 0 Å². The van der Waals surface area contributed by atoms with Gasteiger partial charge in [-0.2, -0.15) is 0 Å². The number of alkyl halides is 1. The van der Waals surface area contributed by atoms with E-state index in [0.717, 1.165) is 15.5 Å². The van der Waals surface area contributed by atoms with E-state index in [2.05, 4.69) is 50.7 Å². The van der Waals surface area contributed by atoms with Crippen LogP contribution in [0.3, 0.4) is 0 Å². The summed E-state index contributed by atoms with van der Waals surface area (Å²) in [7, 11) is 0. The van der Waals surface area contributed by atoms with E-state index < -0.39 is 0 Å². The van der Waals surface area contributed by atoms with Crippen molar-refractivity contribution in [2.24, 2.45) is 0 Å². The Labute approximate surface area is 119 Å². The Bertz CT molecular complexity index is 307. The monoisotopic (exact) mass is 398 g/mol. The summed E-state index contributed by atoms with van der Waals surface area (Å²) in [6.07, 6.45) is 0.151. The Morgan fingerprint density at radius 2 is 2.19 bits per heavy atom. The van der Waals surface area contributed by atoms with Gasteiger partial charge in [0.1, 0.15) is 0 Å². The van der Waals surface area contributed by atoms with Crippen LogP contribution in [0, 0.1) is 0 Å². The van der Waals surface area contributed by atoms with Crippen LogP contribution in [0.4, 0.5) is 0 Å². The molecule has 1 unspecified atom stereocenters. The van der Waals surface area contributed by atoms with Crippen LogP contribution in [-0.4, -0.2) is 24.2 Å². The predicted octanol–water partition coefficient (Wildman–Crippen LogP) is 3.98. The standard InChI is InChI=1S/C12H16BrIO2/c1-2-15-6-7-16-12(9-14)10-4-3-5-11(13)8-10/h3-5,8,12H,2,6-7,9H2,1H3. The number of halogens is 2. The fourth-order valence-electron chi connectivity index (χ4n) is 1.33. The van der Waals surface area contributed by atoms with Gasteiger partial charge in [-0.15, -0.1) is 0 Å². The fourth-order valence-corrected chi connectivity index (χ4v) is 2.51. The molecule has 1 atom stereocenters. The molecule has 0 aliphatic heterocycles. The highest BCUT2D eigenvalue weighted by Crippen LogP contribution is 2.22. The van der Waals surface area contributed by atoms with Crippen LogP contribution in [0.25, 0.3) is 0 Å². The highest BCUT2D eigenvalue weighted by molar-refractivity contribution is 14.1. The van der Waals surface area contributed by atoms with Crippen molar-refractivity contribution in [2.75, 3.05) is 24.2 Å². The second-order valence-electron chi connectivity index (χ2n) is 3.27. The molecule has 0 aliphatic carbocycles. The summed E-state index contributed by atoms with van der Waals surface area (Å²) in [6, 6.07) is 8.25. The number of benzene rings is 1. The summed E-state index contributed by atoms with van der Waals surface area (Å²) in [5, 5.41) is 0. The smallest absolute Gasteiger partial charge is 0.0915 e. The second-order valence-corrected chi connectivity index (χ2v) is 5.06. The molecule has 0 radical (unpaired) electrons. The first-order chi connectivity index (χ1) is 7.77. The van der Waals surface area contributed by atoms with Crippen molar-refractivity contribution in [3.8, 4) is 0 Å². The van der Waals surface area contributed by atoms with Crippen LogP contribution in [0.2, 0.25) is 0 Å². The lowest BCUT2D eigenvalue weighted by atomic mass is 10.1. The van der Waals surface area contributed by atoms with Crippen molar-refractivity contribution in [3.05, 3.63) is 34.3 Å². The first-order valence-corrected chi connectivity index (χ1v) is 7.60. The molecule has 1 aromatic carbocycles. The lowest BCUT2D eigenvalue weighted by Gasteiger charge is -2.16. The Hall–Kier alpha value is 0.350. The molecule has 90 valence electrons. The largest absolute Gasteiger partial charge is 0.379 e. The van der Waals surface area contributed by atoms with Crippen molar-refractivity contribution in [1.82, 2.24) is 0 Å². The van der Waals surface area contributed by atoms with Gasteiger partial charge in [0.15, 0.2) is 0 Å². The normalized spacial score (nSPS) is 12.7. The van der Waals surface area contributed by atoms with Crippen molar-refractivity contribution in [3.63, 3.8) is 0 Å². The van der Waals surface area contributed by atoms with Gasteiger partial charge in [-0.05, 0) is 24.6 Å². The van der Waals surface area contributed by atoms with Crippen molar-refractivity contribution < 1.29 is 9.47 Å². The van der Waals surface area contributed by atoms with Crippen LogP contribution < -0.4 is 0 Å². The van der Waals surface area contributed by atoms with Gasteiger partial charge in [0.25, 0.3) is 0 Å². The molecule has 0 aromatic heterocycles. The van der Waals surface area contributed by atoms with E-state index in [1.54, 1.807) is 0 Å². The molecule has 0 aliphatic rings. The maximum absolute atomic E-state index is 5.78. The molecule has 2 nitrogen and oxygen atoms in total. The van der Waals surface area contributed by atoms with Gasteiger partial charge < -0.3 is 9.47 Å². The number of hydrogen-bond donors (Lipinski definition) is 0. The highest BCUT2D eigenvalue weighted by Gasteiger charge is 2.10. The number of ether oxygens (including phenoxy) is 2. The van der Waals surface area contributed by atoms with Gasteiger partial charge >= 0.3 is 0 Å². The zero-order valence-electron chi connectivity index (χ0n) is 9.29. The van der Waals surface area contributed by atoms with E-state index in [9.17, 15) is 0 Å². The molecule has 0 N–H and O–H groups in total. The lowest BCUT2D eigenvalue weighted by Crippen LogP contribution is -2.11. The molecule has 16 heavy (non-hydrogen) atoms. The SMILES string of the molecule is CCOCCOC(CI)c1cccc(Br)c1. The molecule has 4 heteroatoms. The zero-order valence-corrected chi connectivity index (χ0v) is 13.0. The molecule has 0 fully saturated rings. The third-order valence-electron chi connectivity index (χ3n) is 2.11. The maximum atomic E-state index is 5.78. The summed E-state index contributed by atoms with van der Waals surface area (Å²) < 4.78 is 13.1. The second kappa shape index (κ2) is 8.44. The van der Waals surface area contributed by atoms with E-state index >= 15 is 0 Å². The van der Waals surface area contributed by atoms with Crippen molar-refractivity contribution in [1.29, 1.82) is 0 Å². The fraction of sp³-hybridized carbons (Fsp3) is 0.500. The summed E-state index contributed by atoms with van der Waals surface area (Å²) in [5.74, 6) is 0. The molecule has 1 rings (SSSR count). The Balaban J connectivity index is 2.47. The Morgan fingerprint density at radius 3 is 2.81 bits per heavy atom. The van der Waals surface area contributed by atoms with Crippen LogP contribution in [0.5, 0.6) is 0 Å². The minimum Gasteiger partial charge on any atom is -0.379 e. The molecule has 1 aromatic rings. The van der Waals surface area contributed by atoms with Crippen molar-refractivity contribution in [2.45, 2.75) is 13.0 Å². The summed E-state index contributed by atoms with van der Waals surface area (Å²) in [4.78, 5) is 0. The Kier molecular flexibility index (Phi) is 7.60. The summed E-state index contributed by atoms with van der Waals surface area (Å²) in [5.41, 5.74) is 1.21. The van der Waals surface area contributed by atoms with Crippen LogP contribution in [-0.2, 0) is 9.47 Å². The average molecular weight is 399 g/mol. The van der Waals surface area contributed by atoms with Crippen molar-refractivity contribution >= 4 is 38.5 Å². The van der Waals surface area contributed by atoms with Gasteiger partial charge in [-0.1, -0.05) is 50.7 Å². The first-order valence-electron chi connectivity index (χ1n) is 5.28. The number of rotatable bonds is 7. The third-order valence-corrected chi connectivity index (χ3v) is 3.40. The number of hydrogen-bond acceptors (Lipinski definition) is 2. The minimum absolute atomic E-state index is 0.151. The van der Waals surface area contributed by atoms with Gasteiger partial charge in [-0.25, -0.2) is 0 Å². The molecule has 0 bridgehead atoms. The summed E-state index contributed by atoms with van der Waals surface area (Å²) in [6.45, 7) is 4.05. The molecular formula is C12H16BrIO2. The van der Waals surface area contributed by atoms with Crippen LogP contribution in [0.15, 0.2) is 28.7 Å². The molecule has 0 saturated heterocycles. The molecule has 0 amide bonds. The van der Waals surface area contributed by atoms with Gasteiger partial charge in [-0.3, -0.25) is 0 Å². The minimum atomic E-state index is 0.151. The first kappa shape index (κ1) is 14.4. The van der Waals surface area contributed by atoms with E-state index in [1.165, 1.54) is 5.56 Å². The van der Waals surface area contributed by atoms with Gasteiger partial charge in [0.05, 0.1) is 19.3 Å². The molecule has 0 spiro atoms. The topological polar surface area (TPSA) is 18.5 Å². The average Bonchev–Trinajstić information content (AvgIpc) is 2.29. The Morgan fingerprint density at radius 1 is 1.38 bits per heavy atom. The zero-order chi connectivity index (χ0) is 11.8. The van der Waals surface area contributed by atoms with E-state index in [4.69, 9.17) is 9.47 Å². The molecular weight excluding hydrogens is 383 g/mol. The van der Waals surface area contributed by atoms with E-state index in [-0.39, 0.29) is 6.10 Å². The van der Waals surface area contributed by atoms with Crippen LogP contribution >= 0.6 is 38.5 Å².